The Morgan fingerprint density at radius 3 is 1.38 bits per heavy atom. The summed E-state index contributed by atoms with van der Waals surface area (Å²) in [5, 5.41) is 0. The SMILES string of the molecule is [Mg+2].[Na+].[O-][Si]([O-])([O-])OF. The van der Waals surface area contributed by atoms with Crippen LogP contribution in [-0.2, 0) is 4.63 Å². The van der Waals surface area contributed by atoms with Crippen LogP contribution in [0.1, 0.15) is 0 Å². The van der Waals surface area contributed by atoms with Crippen molar-refractivity contribution in [2.75, 3.05) is 0 Å². The standard InChI is InChI=1S/FO4Si.Mg.Na/c1-5-6(2,3)4;;/q-3;+2;+1. The molecule has 0 saturated heterocycles. The summed E-state index contributed by atoms with van der Waals surface area (Å²) < 4.78 is 12.0. The molecular weight excluding hydrogens is 158 g/mol. The summed E-state index contributed by atoms with van der Waals surface area (Å²) >= 11 is 0. The first-order valence-electron chi connectivity index (χ1n) is 0.971. The van der Waals surface area contributed by atoms with Crippen molar-refractivity contribution in [3.63, 3.8) is 0 Å². The average Bonchev–Trinajstić information content (AvgIpc) is 1.35. The normalized spacial score (nSPS) is 9.00. The molecule has 0 fully saturated rings. The van der Waals surface area contributed by atoms with E-state index < -0.39 is 9.05 Å². The van der Waals surface area contributed by atoms with Gasteiger partial charge in [0.1, 0.15) is 0 Å². The summed E-state index contributed by atoms with van der Waals surface area (Å²) in [5.74, 6) is 0. The predicted octanol–water partition coefficient (Wildman–Crippen LogP) is -6.97. The van der Waals surface area contributed by atoms with Crippen molar-refractivity contribution in [1.29, 1.82) is 0 Å². The second kappa shape index (κ2) is 6.87. The maximum atomic E-state index is 10.1. The van der Waals surface area contributed by atoms with Gasteiger partial charge in [0.25, 0.3) is 0 Å². The van der Waals surface area contributed by atoms with Gasteiger partial charge in [-0.3, -0.25) is 0 Å². The van der Waals surface area contributed by atoms with Crippen LogP contribution in [0.25, 0.3) is 0 Å². The maximum Gasteiger partial charge on any atom is 2.00 e. The van der Waals surface area contributed by atoms with Crippen LogP contribution in [0.3, 0.4) is 0 Å². The van der Waals surface area contributed by atoms with E-state index in [1.165, 1.54) is 0 Å². The van der Waals surface area contributed by atoms with E-state index in [1.807, 2.05) is 4.63 Å². The molecule has 8 heteroatoms. The molecule has 0 atom stereocenters. The molecule has 0 unspecified atom stereocenters. The van der Waals surface area contributed by atoms with E-state index in [0.717, 1.165) is 0 Å². The average molecular weight is 158 g/mol. The topological polar surface area (TPSA) is 78.4 Å². The predicted molar refractivity (Wildman–Crippen MR) is 13.7 cm³/mol. The van der Waals surface area contributed by atoms with Crippen LogP contribution in [0, 0.1) is 0 Å². The minimum absolute atomic E-state index is 0. The molecular formula is FMgNaO4Si. The van der Waals surface area contributed by atoms with Crippen LogP contribution in [0.15, 0.2) is 0 Å². The molecule has 0 spiro atoms. The minimum Gasteiger partial charge on any atom is -0.858 e. The molecule has 0 heterocycles. The van der Waals surface area contributed by atoms with Gasteiger partial charge in [-0.25, -0.2) is 0 Å². The van der Waals surface area contributed by atoms with Crippen molar-refractivity contribution in [2.24, 2.45) is 0 Å². The zero-order valence-corrected chi connectivity index (χ0v) is 8.63. The van der Waals surface area contributed by atoms with Gasteiger partial charge < -0.3 is 19.0 Å². The maximum absolute atomic E-state index is 10.1. The van der Waals surface area contributed by atoms with Crippen LogP contribution in [-0.4, -0.2) is 32.1 Å². The molecule has 0 N–H and O–H groups in total. The van der Waals surface area contributed by atoms with Crippen molar-refractivity contribution < 1.29 is 53.1 Å². The van der Waals surface area contributed by atoms with Gasteiger partial charge in [0.2, 0.25) is 0 Å². The molecule has 0 bridgehead atoms. The van der Waals surface area contributed by atoms with Gasteiger partial charge in [-0.2, -0.15) is 0 Å². The second-order valence-corrected chi connectivity index (χ2v) is 1.73. The molecule has 0 amide bonds. The third-order valence-corrected chi connectivity index (χ3v) is 0.283. The van der Waals surface area contributed by atoms with E-state index >= 15 is 0 Å². The van der Waals surface area contributed by atoms with Gasteiger partial charge in [-0.1, -0.05) is 13.6 Å². The summed E-state index contributed by atoms with van der Waals surface area (Å²) in [6.07, 6.45) is 0. The zero-order chi connectivity index (χ0) is 5.21. The van der Waals surface area contributed by atoms with E-state index in [0.29, 0.717) is 0 Å². The fraction of sp³-hybridized carbons (Fsp3) is 0. The van der Waals surface area contributed by atoms with Gasteiger partial charge in [-0.05, 0) is 0 Å². The molecule has 8 heavy (non-hydrogen) atoms. The first-order chi connectivity index (χ1) is 2.56. The van der Waals surface area contributed by atoms with Gasteiger partial charge in [0.05, 0.1) is 0 Å². The van der Waals surface area contributed by atoms with Gasteiger partial charge >= 0.3 is 52.6 Å². The molecule has 0 aliphatic heterocycles. The Bertz CT molecular complexity index is 45.8. The third-order valence-electron chi connectivity index (χ3n) is 0.0945. The number of hydrogen-bond acceptors (Lipinski definition) is 4. The van der Waals surface area contributed by atoms with Crippen LogP contribution < -0.4 is 43.9 Å². The van der Waals surface area contributed by atoms with E-state index in [1.54, 1.807) is 0 Å². The Hall–Kier alpha value is 1.75. The molecule has 0 aromatic rings. The van der Waals surface area contributed by atoms with Gasteiger partial charge in [0, 0.05) is 0 Å². The number of rotatable bonds is 1. The van der Waals surface area contributed by atoms with Gasteiger partial charge in [0.15, 0.2) is 0 Å². The molecule has 0 saturated carbocycles. The molecule has 4 nitrogen and oxygen atoms in total. The fourth-order valence-electron chi connectivity index (χ4n) is 0. The number of halogens is 1. The second-order valence-electron chi connectivity index (χ2n) is 0.577. The molecule has 0 aliphatic rings. The van der Waals surface area contributed by atoms with Crippen molar-refractivity contribution in [3.05, 3.63) is 0 Å². The van der Waals surface area contributed by atoms with Crippen LogP contribution in [0.5, 0.6) is 0 Å². The van der Waals surface area contributed by atoms with Crippen molar-refractivity contribution in [3.8, 4) is 0 Å². The van der Waals surface area contributed by atoms with E-state index in [2.05, 4.69) is 0 Å². The summed E-state index contributed by atoms with van der Waals surface area (Å²) in [4.78, 5) is 26.7. The Labute approximate surface area is 84.5 Å². The third kappa shape index (κ3) is 15.7. The van der Waals surface area contributed by atoms with Crippen molar-refractivity contribution >= 4 is 32.1 Å². The zero-order valence-electron chi connectivity index (χ0n) is 4.22. The minimum atomic E-state index is -5.55. The molecule has 0 aliphatic carbocycles. The Kier molecular flexibility index (Phi) is 14.1. The molecule has 38 valence electrons. The number of hydrogen-bond donors (Lipinski definition) is 0. The largest absolute Gasteiger partial charge is 2.00 e. The fourth-order valence-corrected chi connectivity index (χ4v) is 0. The van der Waals surface area contributed by atoms with E-state index in [9.17, 15) is 4.53 Å². The summed E-state index contributed by atoms with van der Waals surface area (Å²) in [5.41, 5.74) is 0. The molecule has 0 aromatic heterocycles. The van der Waals surface area contributed by atoms with Gasteiger partial charge in [-0.15, -0.1) is 0 Å². The molecule has 0 aromatic carbocycles. The van der Waals surface area contributed by atoms with Crippen LogP contribution >= 0.6 is 0 Å². The monoisotopic (exact) mass is 158 g/mol. The quantitative estimate of drug-likeness (QED) is 0.355. The first kappa shape index (κ1) is 16.4. The van der Waals surface area contributed by atoms with Crippen LogP contribution in [0.4, 0.5) is 4.53 Å². The molecule has 0 radical (unpaired) electrons. The van der Waals surface area contributed by atoms with E-state index in [-0.39, 0.29) is 52.6 Å². The summed E-state index contributed by atoms with van der Waals surface area (Å²) in [6.45, 7) is 0. The molecule has 0 rings (SSSR count). The first-order valence-corrected chi connectivity index (χ1v) is 2.60. The summed E-state index contributed by atoms with van der Waals surface area (Å²) in [7, 11) is -5.55. The van der Waals surface area contributed by atoms with Crippen molar-refractivity contribution in [2.45, 2.75) is 0 Å². The Morgan fingerprint density at radius 1 is 1.25 bits per heavy atom. The Morgan fingerprint density at radius 2 is 1.38 bits per heavy atom. The van der Waals surface area contributed by atoms with E-state index in [4.69, 9.17) is 14.4 Å². The Balaban J connectivity index is -0.000000125. The smallest absolute Gasteiger partial charge is 0.858 e. The van der Waals surface area contributed by atoms with Crippen molar-refractivity contribution in [1.82, 2.24) is 0 Å². The summed E-state index contributed by atoms with van der Waals surface area (Å²) in [6, 6.07) is 0. The van der Waals surface area contributed by atoms with Crippen LogP contribution in [0.2, 0.25) is 0 Å².